The number of fused-ring (bicyclic) bond motifs is 1. The largest absolute Gasteiger partial charge is 0.493 e. The van der Waals surface area contributed by atoms with Crippen LogP contribution in [0.3, 0.4) is 0 Å². The van der Waals surface area contributed by atoms with E-state index in [1.807, 2.05) is 24.0 Å². The van der Waals surface area contributed by atoms with E-state index in [2.05, 4.69) is 0 Å². The first kappa shape index (κ1) is 31.0. The van der Waals surface area contributed by atoms with E-state index in [4.69, 9.17) is 14.2 Å². The molecule has 2 amide bonds. The predicted octanol–water partition coefficient (Wildman–Crippen LogP) is 5.77. The molecule has 0 aromatic heterocycles. The first-order chi connectivity index (χ1) is 21.1. The van der Waals surface area contributed by atoms with Gasteiger partial charge in [-0.1, -0.05) is 31.2 Å². The Balaban J connectivity index is 1.52. The third-order valence-electron chi connectivity index (χ3n) is 8.33. The SMILES string of the molecule is CCCN1C(=O)c2ccccc2[C@H](C(=O)N2CCN(c3cccc(C(F)(F)F)c3)CC2)[C@H]1c1cc(OC)c(OC)c(OC)c1. The molecule has 2 heterocycles. The van der Waals surface area contributed by atoms with Crippen LogP contribution in [0, 0.1) is 0 Å². The Morgan fingerprint density at radius 1 is 0.886 bits per heavy atom. The van der Waals surface area contributed by atoms with Gasteiger partial charge in [0, 0.05) is 44.0 Å². The van der Waals surface area contributed by atoms with Gasteiger partial charge in [-0.15, -0.1) is 0 Å². The molecule has 44 heavy (non-hydrogen) atoms. The van der Waals surface area contributed by atoms with Crippen molar-refractivity contribution in [3.05, 3.63) is 82.9 Å². The Kier molecular flexibility index (Phi) is 8.94. The van der Waals surface area contributed by atoms with Crippen LogP contribution in [0.1, 0.15) is 52.4 Å². The van der Waals surface area contributed by atoms with E-state index >= 15 is 0 Å². The quantitative estimate of drug-likeness (QED) is 0.322. The Hall–Kier alpha value is -4.41. The molecule has 8 nitrogen and oxygen atoms in total. The van der Waals surface area contributed by atoms with Crippen LogP contribution in [0.4, 0.5) is 18.9 Å². The zero-order valence-corrected chi connectivity index (χ0v) is 25.2. The minimum Gasteiger partial charge on any atom is -0.493 e. The number of methoxy groups -OCH3 is 3. The summed E-state index contributed by atoms with van der Waals surface area (Å²) in [5, 5.41) is 0. The van der Waals surface area contributed by atoms with Gasteiger partial charge in [0.05, 0.1) is 38.9 Å². The van der Waals surface area contributed by atoms with Gasteiger partial charge in [0.15, 0.2) is 11.5 Å². The van der Waals surface area contributed by atoms with Crippen molar-refractivity contribution < 1.29 is 37.0 Å². The molecule has 5 rings (SSSR count). The van der Waals surface area contributed by atoms with Crippen LogP contribution in [0.5, 0.6) is 17.2 Å². The lowest BCUT2D eigenvalue weighted by atomic mass is 9.78. The summed E-state index contributed by atoms with van der Waals surface area (Å²) in [6, 6.07) is 15.3. The van der Waals surface area contributed by atoms with Gasteiger partial charge in [0.1, 0.15) is 0 Å². The van der Waals surface area contributed by atoms with Crippen LogP contribution in [-0.4, -0.2) is 75.7 Å². The molecule has 0 bridgehead atoms. The van der Waals surface area contributed by atoms with Gasteiger partial charge in [0.2, 0.25) is 11.7 Å². The second kappa shape index (κ2) is 12.7. The van der Waals surface area contributed by atoms with Crippen molar-refractivity contribution in [2.45, 2.75) is 31.5 Å². The number of anilines is 1. The van der Waals surface area contributed by atoms with E-state index in [1.165, 1.54) is 27.4 Å². The Labute approximate surface area is 254 Å². The summed E-state index contributed by atoms with van der Waals surface area (Å²) in [6.07, 6.45) is -3.77. The average Bonchev–Trinajstić information content (AvgIpc) is 3.04. The lowest BCUT2D eigenvalue weighted by molar-refractivity contribution is -0.137. The van der Waals surface area contributed by atoms with Crippen LogP contribution < -0.4 is 19.1 Å². The molecule has 0 radical (unpaired) electrons. The number of carbonyl (C=O) groups is 2. The van der Waals surface area contributed by atoms with Crippen molar-refractivity contribution >= 4 is 17.5 Å². The molecule has 0 N–H and O–H groups in total. The predicted molar refractivity (Wildman–Crippen MR) is 160 cm³/mol. The lowest BCUT2D eigenvalue weighted by Crippen LogP contribution is -2.53. The summed E-state index contributed by atoms with van der Waals surface area (Å²) in [6.45, 7) is 3.77. The second-order valence-corrected chi connectivity index (χ2v) is 10.8. The molecule has 0 aliphatic carbocycles. The molecular formula is C33H36F3N3O5. The van der Waals surface area contributed by atoms with Crippen LogP contribution in [0.2, 0.25) is 0 Å². The minimum atomic E-state index is -4.44. The zero-order valence-electron chi connectivity index (χ0n) is 25.2. The Morgan fingerprint density at radius 2 is 1.55 bits per heavy atom. The first-order valence-electron chi connectivity index (χ1n) is 14.5. The Bertz CT molecular complexity index is 1500. The third kappa shape index (κ3) is 5.75. The maximum Gasteiger partial charge on any atom is 0.416 e. The average molecular weight is 612 g/mol. The van der Waals surface area contributed by atoms with Gasteiger partial charge in [-0.3, -0.25) is 9.59 Å². The van der Waals surface area contributed by atoms with Crippen LogP contribution >= 0.6 is 0 Å². The van der Waals surface area contributed by atoms with E-state index < -0.39 is 23.7 Å². The second-order valence-electron chi connectivity index (χ2n) is 10.8. The topological polar surface area (TPSA) is 71.6 Å². The van der Waals surface area contributed by atoms with E-state index in [-0.39, 0.29) is 11.8 Å². The number of benzene rings is 3. The summed E-state index contributed by atoms with van der Waals surface area (Å²) >= 11 is 0. The highest BCUT2D eigenvalue weighted by molar-refractivity contribution is 6.01. The molecule has 11 heteroatoms. The highest BCUT2D eigenvalue weighted by Gasteiger charge is 2.46. The van der Waals surface area contributed by atoms with Gasteiger partial charge < -0.3 is 28.9 Å². The monoisotopic (exact) mass is 611 g/mol. The number of hydrogen-bond acceptors (Lipinski definition) is 6. The molecule has 1 saturated heterocycles. The summed E-state index contributed by atoms with van der Waals surface area (Å²) in [4.78, 5) is 33.8. The molecule has 1 fully saturated rings. The molecule has 2 aliphatic heterocycles. The number of amides is 2. The van der Waals surface area contributed by atoms with Crippen molar-refractivity contribution in [3.63, 3.8) is 0 Å². The van der Waals surface area contributed by atoms with Crippen molar-refractivity contribution in [1.82, 2.24) is 9.80 Å². The normalized spacial score (nSPS) is 18.6. The fourth-order valence-corrected chi connectivity index (χ4v) is 6.25. The zero-order chi connectivity index (χ0) is 31.6. The van der Waals surface area contributed by atoms with Gasteiger partial charge in [0.25, 0.3) is 5.91 Å². The molecule has 2 atom stereocenters. The highest BCUT2D eigenvalue weighted by Crippen LogP contribution is 2.48. The van der Waals surface area contributed by atoms with Gasteiger partial charge in [-0.05, 0) is 53.9 Å². The number of piperazine rings is 1. The van der Waals surface area contributed by atoms with E-state index in [0.29, 0.717) is 78.8 Å². The molecule has 0 unspecified atom stereocenters. The summed E-state index contributed by atoms with van der Waals surface area (Å²) in [7, 11) is 4.53. The molecule has 3 aromatic carbocycles. The third-order valence-corrected chi connectivity index (χ3v) is 8.33. The van der Waals surface area contributed by atoms with Crippen molar-refractivity contribution in [3.8, 4) is 17.2 Å². The van der Waals surface area contributed by atoms with Crippen molar-refractivity contribution in [2.24, 2.45) is 0 Å². The van der Waals surface area contributed by atoms with Crippen LogP contribution in [0.15, 0.2) is 60.7 Å². The lowest BCUT2D eigenvalue weighted by Gasteiger charge is -2.45. The number of halogens is 3. The maximum absolute atomic E-state index is 14.6. The number of nitrogens with zero attached hydrogens (tertiary/aromatic N) is 3. The van der Waals surface area contributed by atoms with Crippen molar-refractivity contribution in [2.75, 3.05) is 59.0 Å². The van der Waals surface area contributed by atoms with Gasteiger partial charge >= 0.3 is 6.18 Å². The standard InChI is InChI=1S/C33H36F3N3O5/c1-5-13-39-29(21-18-26(42-2)30(44-4)27(19-21)43-3)28(24-11-6-7-12-25(24)31(39)40)32(41)38-16-14-37(15-17-38)23-10-8-9-22(20-23)33(34,35)36/h6-12,18-20,28-29H,5,13-17H2,1-4H3/t28-,29+/m0/s1. The van der Waals surface area contributed by atoms with Crippen molar-refractivity contribution in [1.29, 1.82) is 0 Å². The summed E-state index contributed by atoms with van der Waals surface area (Å²) in [5.41, 5.74) is 1.53. The smallest absolute Gasteiger partial charge is 0.416 e. The van der Waals surface area contributed by atoms with Crippen LogP contribution in [-0.2, 0) is 11.0 Å². The highest BCUT2D eigenvalue weighted by atomic mass is 19.4. The maximum atomic E-state index is 14.6. The summed E-state index contributed by atoms with van der Waals surface area (Å²) in [5.74, 6) is 0.152. The van der Waals surface area contributed by atoms with E-state index in [0.717, 1.165) is 12.1 Å². The summed E-state index contributed by atoms with van der Waals surface area (Å²) < 4.78 is 56.8. The van der Waals surface area contributed by atoms with Gasteiger partial charge in [-0.25, -0.2) is 0 Å². The fourth-order valence-electron chi connectivity index (χ4n) is 6.25. The fraction of sp³-hybridized carbons (Fsp3) is 0.394. The molecule has 0 spiro atoms. The molecular weight excluding hydrogens is 575 g/mol. The number of carbonyl (C=O) groups excluding carboxylic acids is 2. The number of alkyl halides is 3. The van der Waals surface area contributed by atoms with E-state index in [1.54, 1.807) is 40.1 Å². The van der Waals surface area contributed by atoms with E-state index in [9.17, 15) is 22.8 Å². The molecule has 234 valence electrons. The molecule has 2 aliphatic rings. The minimum absolute atomic E-state index is 0.159. The number of hydrogen-bond donors (Lipinski definition) is 0. The number of rotatable bonds is 8. The first-order valence-corrected chi connectivity index (χ1v) is 14.5. The van der Waals surface area contributed by atoms with Gasteiger partial charge in [-0.2, -0.15) is 13.2 Å². The van der Waals surface area contributed by atoms with Crippen LogP contribution in [0.25, 0.3) is 0 Å². The Morgan fingerprint density at radius 3 is 2.14 bits per heavy atom. The molecule has 0 saturated carbocycles. The molecule has 3 aromatic rings. The number of ether oxygens (including phenoxy) is 3.